The van der Waals surface area contributed by atoms with Gasteiger partial charge in [-0.1, -0.05) is 18.2 Å². The molecule has 72 valence electrons. The van der Waals surface area contributed by atoms with Gasteiger partial charge in [0.15, 0.2) is 0 Å². The summed E-state index contributed by atoms with van der Waals surface area (Å²) in [6.45, 7) is 4.31. The first kappa shape index (κ1) is 9.00. The summed E-state index contributed by atoms with van der Waals surface area (Å²) in [7, 11) is 2.08. The molecule has 1 aromatic carbocycles. The van der Waals surface area contributed by atoms with Crippen LogP contribution >= 0.6 is 0 Å². The first-order valence-corrected chi connectivity index (χ1v) is 4.78. The maximum Gasteiger partial charge on any atom is 0.0480 e. The van der Waals surface area contributed by atoms with Crippen molar-refractivity contribution in [1.29, 1.82) is 0 Å². The Morgan fingerprint density at radius 1 is 1.36 bits per heavy atom. The number of hydrogen-bond acceptors (Lipinski definition) is 1. The van der Waals surface area contributed by atoms with Gasteiger partial charge in [-0.05, 0) is 24.8 Å². The lowest BCUT2D eigenvalue weighted by molar-refractivity contribution is 0.932. The molecule has 0 aliphatic carbocycles. The largest absolute Gasteiger partial charge is 0.350 e. The fourth-order valence-corrected chi connectivity index (χ4v) is 1.82. The Hall–Kier alpha value is -1.57. The van der Waals surface area contributed by atoms with E-state index in [9.17, 15) is 0 Å². The van der Waals surface area contributed by atoms with E-state index in [0.29, 0.717) is 0 Å². The van der Waals surface area contributed by atoms with Crippen LogP contribution in [-0.4, -0.2) is 17.8 Å². The predicted molar refractivity (Wildman–Crippen MR) is 61.0 cm³/mol. The Morgan fingerprint density at radius 2 is 2.14 bits per heavy atom. The zero-order chi connectivity index (χ0) is 9.97. The molecule has 0 spiro atoms. The van der Waals surface area contributed by atoms with Gasteiger partial charge in [-0.2, -0.15) is 0 Å². The number of fused-ring (bicyclic) bond motifs is 1. The second-order valence-corrected chi connectivity index (χ2v) is 3.48. The molecular formula is C12H14N2. The monoisotopic (exact) mass is 186 g/mol. The molecule has 2 heteroatoms. The molecule has 0 aliphatic heterocycles. The fraction of sp³-hybridized carbons (Fsp3) is 0.250. The van der Waals surface area contributed by atoms with E-state index in [2.05, 4.69) is 53.8 Å². The third-order valence-electron chi connectivity index (χ3n) is 2.52. The van der Waals surface area contributed by atoms with Crippen LogP contribution in [0.25, 0.3) is 10.9 Å². The minimum Gasteiger partial charge on any atom is -0.350 e. The molecule has 0 N–H and O–H groups in total. The van der Waals surface area contributed by atoms with E-state index < -0.39 is 0 Å². The molecule has 0 atom stereocenters. The summed E-state index contributed by atoms with van der Waals surface area (Å²) in [6, 6.07) is 8.44. The van der Waals surface area contributed by atoms with Crippen LogP contribution in [0.15, 0.2) is 35.5 Å². The normalized spacial score (nSPS) is 10.6. The van der Waals surface area contributed by atoms with E-state index >= 15 is 0 Å². The molecule has 0 fully saturated rings. The lowest BCUT2D eigenvalue weighted by Gasteiger charge is -1.94. The van der Waals surface area contributed by atoms with Crippen LogP contribution in [0.2, 0.25) is 0 Å². The Balaban J connectivity index is 2.49. The molecule has 14 heavy (non-hydrogen) atoms. The summed E-state index contributed by atoms with van der Waals surface area (Å²) in [5.41, 5.74) is 2.64. The first-order valence-electron chi connectivity index (χ1n) is 4.78. The smallest absolute Gasteiger partial charge is 0.0480 e. The number of nitrogens with zero attached hydrogens (tertiary/aromatic N) is 2. The second kappa shape index (κ2) is 3.66. The van der Waals surface area contributed by atoms with Crippen molar-refractivity contribution in [2.75, 3.05) is 6.54 Å². The van der Waals surface area contributed by atoms with Gasteiger partial charge in [0.2, 0.25) is 0 Å². The lowest BCUT2D eigenvalue weighted by atomic mass is 10.1. The fourth-order valence-electron chi connectivity index (χ4n) is 1.82. The number of aliphatic imine (C=N–C) groups is 1. The number of para-hydroxylation sites is 1. The van der Waals surface area contributed by atoms with Crippen LogP contribution < -0.4 is 0 Å². The Kier molecular flexibility index (Phi) is 2.35. The van der Waals surface area contributed by atoms with Gasteiger partial charge in [0.1, 0.15) is 0 Å². The van der Waals surface area contributed by atoms with Crippen LogP contribution in [0.4, 0.5) is 0 Å². The number of aryl methyl sites for hydroxylation is 1. The van der Waals surface area contributed by atoms with E-state index in [-0.39, 0.29) is 0 Å². The Morgan fingerprint density at radius 3 is 2.93 bits per heavy atom. The summed E-state index contributed by atoms with van der Waals surface area (Å²) < 4.78 is 2.16. The van der Waals surface area contributed by atoms with E-state index in [1.807, 2.05) is 0 Å². The topological polar surface area (TPSA) is 17.3 Å². The second-order valence-electron chi connectivity index (χ2n) is 3.48. The minimum atomic E-state index is 0.800. The van der Waals surface area contributed by atoms with Crippen molar-refractivity contribution < 1.29 is 0 Å². The number of hydrogen-bond donors (Lipinski definition) is 0. The highest BCUT2D eigenvalue weighted by Crippen LogP contribution is 2.20. The number of rotatable bonds is 3. The molecule has 0 amide bonds. The quantitative estimate of drug-likeness (QED) is 0.655. The molecular weight excluding hydrogens is 172 g/mol. The van der Waals surface area contributed by atoms with Crippen molar-refractivity contribution >= 4 is 17.6 Å². The van der Waals surface area contributed by atoms with Crippen LogP contribution in [0.5, 0.6) is 0 Å². The standard InChI is InChI=1S/C12H14N2/c1-13-8-7-10-9-14(2)12-6-4-3-5-11(10)12/h3-6,9H,1,7-8H2,2H3. The molecule has 0 bridgehead atoms. The van der Waals surface area contributed by atoms with Gasteiger partial charge in [-0.3, -0.25) is 0 Å². The van der Waals surface area contributed by atoms with Crippen molar-refractivity contribution in [2.45, 2.75) is 6.42 Å². The Bertz CT molecular complexity index is 454. The van der Waals surface area contributed by atoms with Crippen LogP contribution in [0.3, 0.4) is 0 Å². The molecule has 2 rings (SSSR count). The van der Waals surface area contributed by atoms with Gasteiger partial charge in [0.25, 0.3) is 0 Å². The molecule has 0 aliphatic rings. The molecule has 1 heterocycles. The highest BCUT2D eigenvalue weighted by molar-refractivity contribution is 5.83. The van der Waals surface area contributed by atoms with E-state index in [0.717, 1.165) is 13.0 Å². The first-order chi connectivity index (χ1) is 6.83. The highest BCUT2D eigenvalue weighted by atomic mass is 14.9. The summed E-state index contributed by atoms with van der Waals surface area (Å²) in [4.78, 5) is 3.89. The SMILES string of the molecule is C=NCCc1cn(C)c2ccccc12. The summed E-state index contributed by atoms with van der Waals surface area (Å²) in [6.07, 6.45) is 3.15. The average molecular weight is 186 g/mol. The number of aromatic nitrogens is 1. The maximum atomic E-state index is 3.89. The molecule has 1 aromatic heterocycles. The van der Waals surface area contributed by atoms with Crippen molar-refractivity contribution in [2.24, 2.45) is 12.0 Å². The van der Waals surface area contributed by atoms with Gasteiger partial charge in [-0.15, -0.1) is 0 Å². The molecule has 2 aromatic rings. The molecule has 2 nitrogen and oxygen atoms in total. The maximum absolute atomic E-state index is 3.89. The summed E-state index contributed by atoms with van der Waals surface area (Å²) >= 11 is 0. The zero-order valence-electron chi connectivity index (χ0n) is 8.40. The highest BCUT2D eigenvalue weighted by Gasteiger charge is 2.04. The molecule has 0 unspecified atom stereocenters. The molecule has 0 saturated carbocycles. The van der Waals surface area contributed by atoms with Gasteiger partial charge >= 0.3 is 0 Å². The molecule has 0 radical (unpaired) electrons. The van der Waals surface area contributed by atoms with Crippen molar-refractivity contribution in [1.82, 2.24) is 4.57 Å². The van der Waals surface area contributed by atoms with Crippen LogP contribution in [0, 0.1) is 0 Å². The molecule has 0 saturated heterocycles. The van der Waals surface area contributed by atoms with Crippen LogP contribution in [0.1, 0.15) is 5.56 Å². The van der Waals surface area contributed by atoms with E-state index in [1.54, 1.807) is 0 Å². The minimum absolute atomic E-state index is 0.800. The van der Waals surface area contributed by atoms with E-state index in [4.69, 9.17) is 0 Å². The third-order valence-corrected chi connectivity index (χ3v) is 2.52. The predicted octanol–water partition coefficient (Wildman–Crippen LogP) is 2.42. The van der Waals surface area contributed by atoms with Gasteiger partial charge in [0, 0.05) is 30.7 Å². The van der Waals surface area contributed by atoms with Crippen molar-refractivity contribution in [3.05, 3.63) is 36.0 Å². The van der Waals surface area contributed by atoms with Gasteiger partial charge in [-0.25, -0.2) is 0 Å². The van der Waals surface area contributed by atoms with Crippen molar-refractivity contribution in [3.8, 4) is 0 Å². The lowest BCUT2D eigenvalue weighted by Crippen LogP contribution is -1.87. The summed E-state index contributed by atoms with van der Waals surface area (Å²) in [5.74, 6) is 0. The zero-order valence-corrected chi connectivity index (χ0v) is 8.40. The van der Waals surface area contributed by atoms with E-state index in [1.165, 1.54) is 16.5 Å². The van der Waals surface area contributed by atoms with Gasteiger partial charge in [0.05, 0.1) is 0 Å². The van der Waals surface area contributed by atoms with Gasteiger partial charge < -0.3 is 9.56 Å². The average Bonchev–Trinajstić information content (AvgIpc) is 2.54. The van der Waals surface area contributed by atoms with Crippen LogP contribution in [-0.2, 0) is 13.5 Å². The third kappa shape index (κ3) is 1.43. The summed E-state index contributed by atoms with van der Waals surface area (Å²) in [5, 5.41) is 1.33. The Labute approximate surface area is 83.9 Å². The van der Waals surface area contributed by atoms with Crippen molar-refractivity contribution in [3.63, 3.8) is 0 Å². The number of benzene rings is 1.